The van der Waals surface area contributed by atoms with E-state index in [0.29, 0.717) is 23.1 Å². The van der Waals surface area contributed by atoms with Crippen molar-refractivity contribution in [3.05, 3.63) is 28.3 Å². The molecule has 19 heavy (non-hydrogen) atoms. The van der Waals surface area contributed by atoms with E-state index in [1.807, 2.05) is 11.8 Å². The van der Waals surface area contributed by atoms with E-state index >= 15 is 0 Å². The molecule has 0 saturated heterocycles. The Morgan fingerprint density at radius 1 is 1.63 bits per heavy atom. The van der Waals surface area contributed by atoms with Gasteiger partial charge in [-0.15, -0.1) is 0 Å². The summed E-state index contributed by atoms with van der Waals surface area (Å²) in [4.78, 5) is 26.6. The molecule has 1 amide bonds. The molecular weight excluding hydrogens is 262 g/mol. The van der Waals surface area contributed by atoms with Gasteiger partial charge in [-0.2, -0.15) is 0 Å². The number of rotatable bonds is 2. The second-order valence-corrected chi connectivity index (χ2v) is 5.52. The topological polar surface area (TPSA) is 87.9 Å². The molecule has 2 aromatic heterocycles. The number of anilines is 1. The van der Waals surface area contributed by atoms with E-state index in [1.54, 1.807) is 6.33 Å². The molecule has 0 spiro atoms. The minimum absolute atomic E-state index is 0.0197. The number of nitrogens with zero attached hydrogens (tertiary/aromatic N) is 3. The number of thiazole rings is 1. The van der Waals surface area contributed by atoms with Crippen molar-refractivity contribution in [2.75, 3.05) is 12.3 Å². The van der Waals surface area contributed by atoms with E-state index < -0.39 is 0 Å². The quantitative estimate of drug-likeness (QED) is 0.863. The summed E-state index contributed by atoms with van der Waals surface area (Å²) < 4.78 is 0. The van der Waals surface area contributed by atoms with E-state index in [1.165, 1.54) is 11.3 Å². The molecule has 0 aliphatic carbocycles. The molecule has 2 aromatic rings. The highest BCUT2D eigenvalue weighted by atomic mass is 32.1. The number of nitrogen functional groups attached to an aromatic ring is 1. The number of nitrogens with one attached hydrogen (secondary N) is 1. The van der Waals surface area contributed by atoms with Crippen molar-refractivity contribution in [3.8, 4) is 0 Å². The summed E-state index contributed by atoms with van der Waals surface area (Å²) in [6, 6.07) is 0. The summed E-state index contributed by atoms with van der Waals surface area (Å²) in [7, 11) is 0. The van der Waals surface area contributed by atoms with Crippen LogP contribution in [0.2, 0.25) is 0 Å². The van der Waals surface area contributed by atoms with Crippen molar-refractivity contribution in [1.29, 1.82) is 0 Å². The molecule has 7 heteroatoms. The summed E-state index contributed by atoms with van der Waals surface area (Å²) in [5, 5.41) is 0.458. The summed E-state index contributed by atoms with van der Waals surface area (Å²) in [5.74, 6) is 0.0197. The molecule has 3 heterocycles. The molecule has 0 radical (unpaired) electrons. The molecule has 0 atom stereocenters. The normalized spacial score (nSPS) is 14.5. The van der Waals surface area contributed by atoms with Gasteiger partial charge in [-0.25, -0.2) is 9.97 Å². The van der Waals surface area contributed by atoms with Crippen LogP contribution in [0.3, 0.4) is 0 Å². The number of carbonyl (C=O) groups is 1. The van der Waals surface area contributed by atoms with Crippen LogP contribution in [0, 0.1) is 0 Å². The monoisotopic (exact) mass is 277 g/mol. The average Bonchev–Trinajstić information content (AvgIpc) is 3.02. The van der Waals surface area contributed by atoms with Crippen molar-refractivity contribution in [2.24, 2.45) is 0 Å². The van der Waals surface area contributed by atoms with Crippen molar-refractivity contribution >= 4 is 22.4 Å². The van der Waals surface area contributed by atoms with Gasteiger partial charge in [0, 0.05) is 13.0 Å². The van der Waals surface area contributed by atoms with Gasteiger partial charge in [0.2, 0.25) is 0 Å². The van der Waals surface area contributed by atoms with E-state index in [4.69, 9.17) is 5.73 Å². The number of fused-ring (bicyclic) bond motifs is 1. The molecule has 3 rings (SSSR count). The molecule has 0 saturated carbocycles. The summed E-state index contributed by atoms with van der Waals surface area (Å²) in [5.41, 5.74) is 8.58. The third-order valence-electron chi connectivity index (χ3n) is 3.31. The second-order valence-electron chi connectivity index (χ2n) is 4.49. The Labute approximate surface area is 114 Å². The molecule has 1 aliphatic rings. The zero-order valence-corrected chi connectivity index (χ0v) is 11.5. The maximum atomic E-state index is 12.5. The number of hydrogen-bond donors (Lipinski definition) is 2. The van der Waals surface area contributed by atoms with Crippen LogP contribution >= 0.6 is 11.3 Å². The highest BCUT2D eigenvalue weighted by molar-refractivity contribution is 7.17. The van der Waals surface area contributed by atoms with Gasteiger partial charge in [0.15, 0.2) is 5.13 Å². The van der Waals surface area contributed by atoms with Crippen LogP contribution in [-0.4, -0.2) is 32.3 Å². The van der Waals surface area contributed by atoms with Crippen LogP contribution in [0.25, 0.3) is 0 Å². The SMILES string of the molecule is CCc1nc(N)sc1C(=O)N1CCc2nc[nH]c2C1. The molecule has 1 aliphatic heterocycles. The van der Waals surface area contributed by atoms with Gasteiger partial charge < -0.3 is 15.6 Å². The Bertz CT molecular complexity index is 617. The number of imidazole rings is 1. The number of nitrogens with two attached hydrogens (primary N) is 1. The van der Waals surface area contributed by atoms with Crippen LogP contribution in [0.15, 0.2) is 6.33 Å². The number of hydrogen-bond acceptors (Lipinski definition) is 5. The van der Waals surface area contributed by atoms with Gasteiger partial charge in [-0.05, 0) is 6.42 Å². The zero-order valence-electron chi connectivity index (χ0n) is 10.6. The van der Waals surface area contributed by atoms with Gasteiger partial charge in [0.05, 0.1) is 30.0 Å². The molecule has 0 fully saturated rings. The Balaban J connectivity index is 1.85. The number of amides is 1. The maximum absolute atomic E-state index is 12.5. The Morgan fingerprint density at radius 2 is 2.47 bits per heavy atom. The minimum Gasteiger partial charge on any atom is -0.375 e. The first-order valence-corrected chi connectivity index (χ1v) is 7.06. The predicted molar refractivity (Wildman–Crippen MR) is 72.9 cm³/mol. The lowest BCUT2D eigenvalue weighted by atomic mass is 10.1. The number of aromatic nitrogens is 3. The number of H-pyrrole nitrogens is 1. The lowest BCUT2D eigenvalue weighted by Crippen LogP contribution is -2.36. The third kappa shape index (κ3) is 2.10. The van der Waals surface area contributed by atoms with Gasteiger partial charge in [-0.3, -0.25) is 4.79 Å². The first-order chi connectivity index (χ1) is 9.19. The second kappa shape index (κ2) is 4.65. The van der Waals surface area contributed by atoms with Gasteiger partial charge in [-0.1, -0.05) is 18.3 Å². The van der Waals surface area contributed by atoms with Crippen molar-refractivity contribution in [1.82, 2.24) is 19.9 Å². The maximum Gasteiger partial charge on any atom is 0.266 e. The molecule has 6 nitrogen and oxygen atoms in total. The first kappa shape index (κ1) is 12.2. The fourth-order valence-electron chi connectivity index (χ4n) is 2.31. The van der Waals surface area contributed by atoms with Gasteiger partial charge in [0.1, 0.15) is 4.88 Å². The lowest BCUT2D eigenvalue weighted by Gasteiger charge is -2.25. The van der Waals surface area contributed by atoms with Crippen molar-refractivity contribution in [2.45, 2.75) is 26.3 Å². The summed E-state index contributed by atoms with van der Waals surface area (Å²) >= 11 is 1.27. The number of aryl methyl sites for hydroxylation is 1. The average molecular weight is 277 g/mol. The highest BCUT2D eigenvalue weighted by Gasteiger charge is 2.26. The molecule has 0 aromatic carbocycles. The van der Waals surface area contributed by atoms with Crippen LogP contribution in [0.4, 0.5) is 5.13 Å². The van der Waals surface area contributed by atoms with E-state index in [-0.39, 0.29) is 5.91 Å². The molecular formula is C12H15N5OS. The predicted octanol–water partition coefficient (Wildman–Crippen LogP) is 1.21. The highest BCUT2D eigenvalue weighted by Crippen LogP contribution is 2.25. The number of aromatic amines is 1. The van der Waals surface area contributed by atoms with Gasteiger partial charge in [0.25, 0.3) is 5.91 Å². The summed E-state index contributed by atoms with van der Waals surface area (Å²) in [6.07, 6.45) is 3.19. The summed E-state index contributed by atoms with van der Waals surface area (Å²) in [6.45, 7) is 3.25. The fraction of sp³-hybridized carbons (Fsp3) is 0.417. The van der Waals surface area contributed by atoms with E-state index in [9.17, 15) is 4.79 Å². The Kier molecular flexibility index (Phi) is 2.98. The standard InChI is InChI=1S/C12H15N5OS/c1-2-7-10(19-12(13)16-7)11(18)17-4-3-8-9(5-17)15-6-14-8/h6H,2-5H2,1H3,(H2,13,16)(H,14,15). The zero-order chi connectivity index (χ0) is 13.4. The van der Waals surface area contributed by atoms with E-state index in [2.05, 4.69) is 15.0 Å². The third-order valence-corrected chi connectivity index (χ3v) is 4.22. The van der Waals surface area contributed by atoms with Crippen LogP contribution < -0.4 is 5.73 Å². The minimum atomic E-state index is 0.0197. The van der Waals surface area contributed by atoms with Crippen LogP contribution in [0.1, 0.15) is 33.7 Å². The Morgan fingerprint density at radius 3 is 3.26 bits per heavy atom. The molecule has 0 bridgehead atoms. The van der Waals surface area contributed by atoms with Gasteiger partial charge >= 0.3 is 0 Å². The molecule has 3 N–H and O–H groups in total. The molecule has 100 valence electrons. The smallest absolute Gasteiger partial charge is 0.266 e. The van der Waals surface area contributed by atoms with Crippen molar-refractivity contribution in [3.63, 3.8) is 0 Å². The van der Waals surface area contributed by atoms with Crippen LogP contribution in [0.5, 0.6) is 0 Å². The number of carbonyl (C=O) groups excluding carboxylic acids is 1. The van der Waals surface area contributed by atoms with E-state index in [0.717, 1.165) is 29.9 Å². The largest absolute Gasteiger partial charge is 0.375 e. The Hall–Kier alpha value is -1.89. The first-order valence-electron chi connectivity index (χ1n) is 6.24. The van der Waals surface area contributed by atoms with Crippen molar-refractivity contribution < 1.29 is 4.79 Å². The van der Waals surface area contributed by atoms with Crippen LogP contribution in [-0.2, 0) is 19.4 Å². The molecule has 0 unspecified atom stereocenters. The lowest BCUT2D eigenvalue weighted by molar-refractivity contribution is 0.0735. The fourth-order valence-corrected chi connectivity index (χ4v) is 3.20.